The van der Waals surface area contributed by atoms with E-state index in [9.17, 15) is 4.79 Å². The fraction of sp³-hybridized carbons (Fsp3) is 0.500. The van der Waals surface area contributed by atoms with E-state index in [0.29, 0.717) is 18.9 Å². The second kappa shape index (κ2) is 6.70. The predicted octanol–water partition coefficient (Wildman–Crippen LogP) is 3.41. The molecule has 3 heteroatoms. The van der Waals surface area contributed by atoms with Crippen molar-refractivity contribution in [3.8, 4) is 0 Å². The molecule has 1 aromatic carbocycles. The number of nitrogens with zero attached hydrogens (tertiary/aromatic N) is 1. The van der Waals surface area contributed by atoms with Crippen LogP contribution in [-0.2, 0) is 11.3 Å². The van der Waals surface area contributed by atoms with Crippen LogP contribution in [0.4, 0.5) is 0 Å². The Kier molecular flexibility index (Phi) is 5.56. The summed E-state index contributed by atoms with van der Waals surface area (Å²) in [5.41, 5.74) is 1.18. The lowest BCUT2D eigenvalue weighted by atomic mass is 10.1. The van der Waals surface area contributed by atoms with Crippen molar-refractivity contribution >= 4 is 17.7 Å². The SMILES string of the molecule is CSc1ccc(CN(C)C(=O)CC(C)C)cc1. The van der Waals surface area contributed by atoms with Crippen LogP contribution in [0.15, 0.2) is 29.2 Å². The summed E-state index contributed by atoms with van der Waals surface area (Å²) in [5.74, 6) is 0.637. The van der Waals surface area contributed by atoms with Gasteiger partial charge in [-0.15, -0.1) is 11.8 Å². The lowest BCUT2D eigenvalue weighted by Gasteiger charge is -2.18. The van der Waals surface area contributed by atoms with E-state index in [1.807, 2.05) is 7.05 Å². The molecule has 0 fully saturated rings. The van der Waals surface area contributed by atoms with Gasteiger partial charge in [-0.05, 0) is 29.9 Å². The fourth-order valence-corrected chi connectivity index (χ4v) is 2.01. The molecule has 0 saturated carbocycles. The summed E-state index contributed by atoms with van der Waals surface area (Å²) in [6.45, 7) is 4.83. The van der Waals surface area contributed by atoms with Gasteiger partial charge in [0.15, 0.2) is 0 Å². The number of carbonyl (C=O) groups excluding carboxylic acids is 1. The molecule has 0 saturated heterocycles. The van der Waals surface area contributed by atoms with Crippen LogP contribution in [0, 0.1) is 5.92 Å². The van der Waals surface area contributed by atoms with Crippen LogP contribution in [0.3, 0.4) is 0 Å². The van der Waals surface area contributed by atoms with Crippen LogP contribution in [0.1, 0.15) is 25.8 Å². The smallest absolute Gasteiger partial charge is 0.222 e. The molecule has 0 heterocycles. The van der Waals surface area contributed by atoms with Gasteiger partial charge in [0.25, 0.3) is 0 Å². The molecule has 0 aliphatic rings. The highest BCUT2D eigenvalue weighted by Gasteiger charge is 2.10. The van der Waals surface area contributed by atoms with Crippen LogP contribution in [0.5, 0.6) is 0 Å². The van der Waals surface area contributed by atoms with Crippen molar-refractivity contribution in [2.75, 3.05) is 13.3 Å². The number of rotatable bonds is 5. The molecule has 2 nitrogen and oxygen atoms in total. The number of amides is 1. The number of hydrogen-bond acceptors (Lipinski definition) is 2. The molecule has 0 radical (unpaired) electrons. The molecule has 0 atom stereocenters. The van der Waals surface area contributed by atoms with E-state index in [2.05, 4.69) is 44.4 Å². The highest BCUT2D eigenvalue weighted by Crippen LogP contribution is 2.16. The summed E-state index contributed by atoms with van der Waals surface area (Å²) >= 11 is 1.73. The molecule has 1 amide bonds. The molecule has 1 aromatic rings. The molecular weight excluding hydrogens is 230 g/mol. The van der Waals surface area contributed by atoms with Gasteiger partial charge < -0.3 is 4.90 Å². The maximum atomic E-state index is 11.8. The van der Waals surface area contributed by atoms with Crippen molar-refractivity contribution in [3.63, 3.8) is 0 Å². The first-order valence-electron chi connectivity index (χ1n) is 5.89. The monoisotopic (exact) mass is 251 g/mol. The summed E-state index contributed by atoms with van der Waals surface area (Å²) in [6, 6.07) is 8.37. The largest absolute Gasteiger partial charge is 0.341 e. The van der Waals surface area contributed by atoms with E-state index in [-0.39, 0.29) is 5.91 Å². The van der Waals surface area contributed by atoms with Crippen LogP contribution >= 0.6 is 11.8 Å². The van der Waals surface area contributed by atoms with E-state index < -0.39 is 0 Å². The molecule has 94 valence electrons. The molecule has 0 aliphatic carbocycles. The maximum absolute atomic E-state index is 11.8. The Hall–Kier alpha value is -0.960. The third-order valence-electron chi connectivity index (χ3n) is 2.59. The Bertz CT molecular complexity index is 359. The van der Waals surface area contributed by atoms with E-state index in [1.165, 1.54) is 10.5 Å². The molecule has 0 bridgehead atoms. The molecule has 0 N–H and O–H groups in total. The Labute approximate surface area is 108 Å². The summed E-state index contributed by atoms with van der Waals surface area (Å²) in [5, 5.41) is 0. The van der Waals surface area contributed by atoms with Crippen molar-refractivity contribution in [1.29, 1.82) is 0 Å². The molecule has 1 rings (SSSR count). The average molecular weight is 251 g/mol. The van der Waals surface area contributed by atoms with Gasteiger partial charge in [-0.25, -0.2) is 0 Å². The molecule has 0 aromatic heterocycles. The first-order chi connectivity index (χ1) is 8.02. The number of thioether (sulfide) groups is 1. The van der Waals surface area contributed by atoms with Crippen LogP contribution in [-0.4, -0.2) is 24.1 Å². The summed E-state index contributed by atoms with van der Waals surface area (Å²) in [7, 11) is 1.87. The van der Waals surface area contributed by atoms with Crippen molar-refractivity contribution in [2.45, 2.75) is 31.7 Å². The lowest BCUT2D eigenvalue weighted by Crippen LogP contribution is -2.27. The lowest BCUT2D eigenvalue weighted by molar-refractivity contribution is -0.131. The van der Waals surface area contributed by atoms with Crippen molar-refractivity contribution in [3.05, 3.63) is 29.8 Å². The van der Waals surface area contributed by atoms with Gasteiger partial charge in [-0.3, -0.25) is 4.79 Å². The highest BCUT2D eigenvalue weighted by molar-refractivity contribution is 7.98. The zero-order valence-corrected chi connectivity index (χ0v) is 11.9. The molecular formula is C14H21NOS. The average Bonchev–Trinajstić information content (AvgIpc) is 2.29. The normalized spacial score (nSPS) is 10.6. The van der Waals surface area contributed by atoms with E-state index >= 15 is 0 Å². The zero-order valence-electron chi connectivity index (χ0n) is 11.1. The van der Waals surface area contributed by atoms with Gasteiger partial charge >= 0.3 is 0 Å². The van der Waals surface area contributed by atoms with Crippen molar-refractivity contribution in [2.24, 2.45) is 5.92 Å². The Morgan fingerprint density at radius 2 is 1.88 bits per heavy atom. The topological polar surface area (TPSA) is 20.3 Å². The first-order valence-corrected chi connectivity index (χ1v) is 7.12. The van der Waals surface area contributed by atoms with Crippen LogP contribution < -0.4 is 0 Å². The Morgan fingerprint density at radius 3 is 2.35 bits per heavy atom. The number of carbonyl (C=O) groups is 1. The second-order valence-electron chi connectivity index (χ2n) is 4.70. The van der Waals surface area contributed by atoms with E-state index in [4.69, 9.17) is 0 Å². The zero-order chi connectivity index (χ0) is 12.8. The van der Waals surface area contributed by atoms with Gasteiger partial charge in [-0.2, -0.15) is 0 Å². The van der Waals surface area contributed by atoms with Gasteiger partial charge in [0, 0.05) is 24.9 Å². The summed E-state index contributed by atoms with van der Waals surface area (Å²) in [4.78, 5) is 14.9. The van der Waals surface area contributed by atoms with Crippen molar-refractivity contribution < 1.29 is 4.79 Å². The van der Waals surface area contributed by atoms with Gasteiger partial charge in [0.1, 0.15) is 0 Å². The van der Waals surface area contributed by atoms with E-state index in [0.717, 1.165) is 0 Å². The molecule has 17 heavy (non-hydrogen) atoms. The number of benzene rings is 1. The third-order valence-corrected chi connectivity index (χ3v) is 3.33. The predicted molar refractivity (Wildman–Crippen MR) is 74.2 cm³/mol. The Balaban J connectivity index is 2.55. The Morgan fingerprint density at radius 1 is 1.29 bits per heavy atom. The quantitative estimate of drug-likeness (QED) is 0.747. The third kappa shape index (κ3) is 4.82. The highest BCUT2D eigenvalue weighted by atomic mass is 32.2. The minimum atomic E-state index is 0.217. The second-order valence-corrected chi connectivity index (χ2v) is 5.58. The minimum absolute atomic E-state index is 0.217. The van der Waals surface area contributed by atoms with Crippen molar-refractivity contribution in [1.82, 2.24) is 4.90 Å². The maximum Gasteiger partial charge on any atom is 0.222 e. The van der Waals surface area contributed by atoms with Gasteiger partial charge in [0.05, 0.1) is 0 Å². The molecule has 0 unspecified atom stereocenters. The minimum Gasteiger partial charge on any atom is -0.341 e. The molecule has 0 aliphatic heterocycles. The fourth-order valence-electron chi connectivity index (χ4n) is 1.60. The standard InChI is InChI=1S/C14H21NOS/c1-11(2)9-14(16)15(3)10-12-5-7-13(17-4)8-6-12/h5-8,11H,9-10H2,1-4H3. The molecule has 0 spiro atoms. The van der Waals surface area contributed by atoms with Gasteiger partial charge in [0.2, 0.25) is 5.91 Å². The first kappa shape index (κ1) is 14.1. The summed E-state index contributed by atoms with van der Waals surface area (Å²) in [6.07, 6.45) is 2.69. The van der Waals surface area contributed by atoms with Crippen LogP contribution in [0.2, 0.25) is 0 Å². The summed E-state index contributed by atoms with van der Waals surface area (Å²) < 4.78 is 0. The van der Waals surface area contributed by atoms with E-state index in [1.54, 1.807) is 16.7 Å². The van der Waals surface area contributed by atoms with Gasteiger partial charge in [-0.1, -0.05) is 26.0 Å². The number of hydrogen-bond donors (Lipinski definition) is 0. The van der Waals surface area contributed by atoms with Crippen LogP contribution in [0.25, 0.3) is 0 Å².